The van der Waals surface area contributed by atoms with E-state index in [1.165, 1.54) is 0 Å². The van der Waals surface area contributed by atoms with E-state index in [2.05, 4.69) is 0 Å². The van der Waals surface area contributed by atoms with Crippen molar-refractivity contribution < 1.29 is 14.3 Å². The van der Waals surface area contributed by atoms with Gasteiger partial charge in [-0.15, -0.1) is 0 Å². The molecule has 0 aliphatic carbocycles. The number of rotatable bonds is 2. The van der Waals surface area contributed by atoms with E-state index in [0.717, 1.165) is 0 Å². The van der Waals surface area contributed by atoms with Crippen molar-refractivity contribution in [2.24, 2.45) is 11.8 Å². The average Bonchev–Trinajstić information content (AvgIpc) is 2.36. The van der Waals surface area contributed by atoms with E-state index in [4.69, 9.17) is 9.47 Å². The molecular formula is C8H14O3. The Morgan fingerprint density at radius 1 is 1.64 bits per heavy atom. The number of carbonyl (C=O) groups is 1. The Morgan fingerprint density at radius 2 is 2.36 bits per heavy atom. The number of esters is 1. The minimum absolute atomic E-state index is 0.0325. The van der Waals surface area contributed by atoms with Gasteiger partial charge in [-0.25, -0.2) is 0 Å². The third-order valence-corrected chi connectivity index (χ3v) is 1.95. The van der Waals surface area contributed by atoms with Gasteiger partial charge in [-0.1, -0.05) is 6.92 Å². The van der Waals surface area contributed by atoms with E-state index in [1.807, 2.05) is 13.8 Å². The van der Waals surface area contributed by atoms with Gasteiger partial charge in [0.2, 0.25) is 0 Å². The van der Waals surface area contributed by atoms with Crippen molar-refractivity contribution in [3.05, 3.63) is 0 Å². The van der Waals surface area contributed by atoms with E-state index in [0.29, 0.717) is 25.7 Å². The Kier molecular flexibility index (Phi) is 2.88. The maximum atomic E-state index is 11.2. The molecule has 0 bridgehead atoms. The number of hydrogen-bond acceptors (Lipinski definition) is 3. The van der Waals surface area contributed by atoms with E-state index < -0.39 is 0 Å². The lowest BCUT2D eigenvalue weighted by Gasteiger charge is -2.10. The highest BCUT2D eigenvalue weighted by Crippen LogP contribution is 2.20. The summed E-state index contributed by atoms with van der Waals surface area (Å²) in [5, 5.41) is 0. The van der Waals surface area contributed by atoms with Crippen LogP contribution >= 0.6 is 0 Å². The zero-order valence-corrected chi connectivity index (χ0v) is 7.00. The number of hydrogen-bond donors (Lipinski definition) is 0. The zero-order chi connectivity index (χ0) is 8.27. The fourth-order valence-electron chi connectivity index (χ4n) is 1.21. The summed E-state index contributed by atoms with van der Waals surface area (Å²) in [6.07, 6.45) is 0. The Morgan fingerprint density at radius 3 is 2.82 bits per heavy atom. The SMILES string of the molecule is CCOC(=O)[C@@H]1COC[C@H]1C. The van der Waals surface area contributed by atoms with Crippen LogP contribution in [0.15, 0.2) is 0 Å². The van der Waals surface area contributed by atoms with Crippen molar-refractivity contribution in [3.8, 4) is 0 Å². The van der Waals surface area contributed by atoms with Crippen molar-refractivity contribution >= 4 is 5.97 Å². The first-order valence-electron chi connectivity index (χ1n) is 4.00. The third kappa shape index (κ3) is 1.93. The van der Waals surface area contributed by atoms with Gasteiger partial charge in [0.1, 0.15) is 0 Å². The van der Waals surface area contributed by atoms with Crippen LogP contribution < -0.4 is 0 Å². The summed E-state index contributed by atoms with van der Waals surface area (Å²) in [7, 11) is 0. The highest BCUT2D eigenvalue weighted by atomic mass is 16.5. The predicted octanol–water partition coefficient (Wildman–Crippen LogP) is 0.832. The Labute approximate surface area is 66.7 Å². The molecule has 0 amide bonds. The fraction of sp³-hybridized carbons (Fsp3) is 0.875. The summed E-state index contributed by atoms with van der Waals surface area (Å²) < 4.78 is 10.0. The van der Waals surface area contributed by atoms with Gasteiger partial charge in [-0.2, -0.15) is 0 Å². The largest absolute Gasteiger partial charge is 0.466 e. The molecule has 11 heavy (non-hydrogen) atoms. The van der Waals surface area contributed by atoms with E-state index >= 15 is 0 Å². The zero-order valence-electron chi connectivity index (χ0n) is 7.00. The normalized spacial score (nSPS) is 30.4. The maximum absolute atomic E-state index is 11.2. The first-order valence-corrected chi connectivity index (χ1v) is 4.00. The molecule has 0 N–H and O–H groups in total. The van der Waals surface area contributed by atoms with Crippen LogP contribution in [-0.4, -0.2) is 25.8 Å². The first kappa shape index (κ1) is 8.53. The highest BCUT2D eigenvalue weighted by molar-refractivity contribution is 5.73. The second-order valence-corrected chi connectivity index (χ2v) is 2.87. The van der Waals surface area contributed by atoms with Crippen LogP contribution in [0.5, 0.6) is 0 Å². The molecule has 0 aromatic carbocycles. The molecule has 2 atom stereocenters. The van der Waals surface area contributed by atoms with Gasteiger partial charge in [0.15, 0.2) is 0 Å². The summed E-state index contributed by atoms with van der Waals surface area (Å²) in [6.45, 7) is 5.50. The lowest BCUT2D eigenvalue weighted by molar-refractivity contribution is -0.148. The summed E-state index contributed by atoms with van der Waals surface area (Å²) in [6, 6.07) is 0. The molecule has 0 aromatic rings. The van der Waals surface area contributed by atoms with E-state index in [-0.39, 0.29) is 11.9 Å². The van der Waals surface area contributed by atoms with Crippen molar-refractivity contribution in [2.75, 3.05) is 19.8 Å². The Bertz CT molecular complexity index is 144. The standard InChI is InChI=1S/C8H14O3/c1-3-11-8(9)7-5-10-4-6(7)2/h6-7H,3-5H2,1-2H3/t6-,7-/m1/s1. The molecule has 1 rings (SSSR count). The molecule has 1 aliphatic heterocycles. The molecule has 0 unspecified atom stereocenters. The van der Waals surface area contributed by atoms with Crippen LogP contribution in [0.4, 0.5) is 0 Å². The molecular weight excluding hydrogens is 144 g/mol. The van der Waals surface area contributed by atoms with Crippen LogP contribution in [0.2, 0.25) is 0 Å². The van der Waals surface area contributed by atoms with Crippen LogP contribution in [0.1, 0.15) is 13.8 Å². The molecule has 1 fully saturated rings. The van der Waals surface area contributed by atoms with Crippen molar-refractivity contribution in [3.63, 3.8) is 0 Å². The lowest BCUT2D eigenvalue weighted by atomic mass is 9.99. The molecule has 0 spiro atoms. The van der Waals surface area contributed by atoms with Gasteiger partial charge in [0.25, 0.3) is 0 Å². The molecule has 0 radical (unpaired) electrons. The van der Waals surface area contributed by atoms with Crippen molar-refractivity contribution in [1.82, 2.24) is 0 Å². The molecule has 3 heteroatoms. The van der Waals surface area contributed by atoms with E-state index in [1.54, 1.807) is 0 Å². The van der Waals surface area contributed by atoms with Crippen LogP contribution in [0, 0.1) is 11.8 Å². The summed E-state index contributed by atoms with van der Waals surface area (Å²) in [5.41, 5.74) is 0. The van der Waals surface area contributed by atoms with Crippen LogP contribution in [0.25, 0.3) is 0 Å². The lowest BCUT2D eigenvalue weighted by Crippen LogP contribution is -2.22. The van der Waals surface area contributed by atoms with Gasteiger partial charge in [0.05, 0.1) is 25.7 Å². The summed E-state index contributed by atoms with van der Waals surface area (Å²) in [4.78, 5) is 11.2. The predicted molar refractivity (Wildman–Crippen MR) is 40.1 cm³/mol. The number of ether oxygens (including phenoxy) is 2. The van der Waals surface area contributed by atoms with E-state index in [9.17, 15) is 4.79 Å². The average molecular weight is 158 g/mol. The minimum Gasteiger partial charge on any atom is -0.466 e. The third-order valence-electron chi connectivity index (χ3n) is 1.95. The molecule has 1 saturated heterocycles. The van der Waals surface area contributed by atoms with Crippen LogP contribution in [0.3, 0.4) is 0 Å². The molecule has 1 heterocycles. The molecule has 0 saturated carbocycles. The second kappa shape index (κ2) is 3.72. The molecule has 3 nitrogen and oxygen atoms in total. The fourth-order valence-corrected chi connectivity index (χ4v) is 1.21. The highest BCUT2D eigenvalue weighted by Gasteiger charge is 2.31. The minimum atomic E-state index is -0.113. The van der Waals surface area contributed by atoms with Crippen molar-refractivity contribution in [2.45, 2.75) is 13.8 Å². The monoisotopic (exact) mass is 158 g/mol. The molecule has 0 aromatic heterocycles. The van der Waals surface area contributed by atoms with Gasteiger partial charge >= 0.3 is 5.97 Å². The second-order valence-electron chi connectivity index (χ2n) is 2.87. The summed E-state index contributed by atoms with van der Waals surface area (Å²) in [5.74, 6) is 0.168. The van der Waals surface area contributed by atoms with Gasteiger partial charge < -0.3 is 9.47 Å². The van der Waals surface area contributed by atoms with Gasteiger partial charge in [0, 0.05) is 0 Å². The van der Waals surface area contributed by atoms with Crippen LogP contribution in [-0.2, 0) is 14.3 Å². The number of carbonyl (C=O) groups excluding carboxylic acids is 1. The molecule has 1 aliphatic rings. The first-order chi connectivity index (χ1) is 5.25. The quantitative estimate of drug-likeness (QED) is 0.558. The van der Waals surface area contributed by atoms with Crippen molar-refractivity contribution in [1.29, 1.82) is 0 Å². The van der Waals surface area contributed by atoms with Gasteiger partial charge in [-0.05, 0) is 12.8 Å². The Balaban J connectivity index is 2.39. The smallest absolute Gasteiger partial charge is 0.311 e. The summed E-state index contributed by atoms with van der Waals surface area (Å²) >= 11 is 0. The Hall–Kier alpha value is -0.570. The molecule has 64 valence electrons. The topological polar surface area (TPSA) is 35.5 Å². The maximum Gasteiger partial charge on any atom is 0.311 e. The van der Waals surface area contributed by atoms with Gasteiger partial charge in [-0.3, -0.25) is 4.79 Å².